The number of aliphatic hydroxyl groups excluding tert-OH is 1. The van der Waals surface area contributed by atoms with Crippen molar-refractivity contribution in [3.8, 4) is 5.75 Å². The molecular weight excluding hydrogens is 211 g/mol. The van der Waals surface area contributed by atoms with Crippen LogP contribution in [0.3, 0.4) is 0 Å². The lowest BCUT2D eigenvalue weighted by Gasteiger charge is -2.10. The molecule has 0 heterocycles. The summed E-state index contributed by atoms with van der Waals surface area (Å²) < 4.78 is 23.8. The first kappa shape index (κ1) is 12.9. The average Bonchev–Trinajstić information content (AvgIpc) is 2.30. The van der Waals surface area contributed by atoms with Crippen molar-refractivity contribution in [2.24, 2.45) is 0 Å². The minimum atomic E-state index is -0.442. The van der Waals surface area contributed by atoms with E-state index in [1.165, 1.54) is 6.07 Å². The van der Waals surface area contributed by atoms with E-state index < -0.39 is 5.82 Å². The maximum atomic E-state index is 13.3. The zero-order valence-corrected chi connectivity index (χ0v) is 9.41. The van der Waals surface area contributed by atoms with Gasteiger partial charge in [-0.15, -0.1) is 0 Å². The third-order valence-electron chi connectivity index (χ3n) is 2.10. The summed E-state index contributed by atoms with van der Waals surface area (Å²) in [5, 5.41) is 9.01. The molecule has 0 aromatic heterocycles. The molecule has 0 bridgehead atoms. The van der Waals surface area contributed by atoms with Crippen LogP contribution in [-0.2, 0) is 11.3 Å². The molecule has 0 radical (unpaired) electrons. The Morgan fingerprint density at radius 2 is 2.12 bits per heavy atom. The monoisotopic (exact) mass is 228 g/mol. The topological polar surface area (TPSA) is 38.7 Å². The molecule has 1 aromatic carbocycles. The molecule has 1 rings (SSSR count). The fourth-order valence-corrected chi connectivity index (χ4v) is 1.32. The van der Waals surface area contributed by atoms with Crippen molar-refractivity contribution in [1.29, 1.82) is 0 Å². The van der Waals surface area contributed by atoms with Gasteiger partial charge in [-0.25, -0.2) is 4.39 Å². The third kappa shape index (κ3) is 3.79. The lowest BCUT2D eigenvalue weighted by atomic mass is 10.2. The second kappa shape index (κ2) is 7.19. The number of aliphatic hydroxyl groups is 1. The summed E-state index contributed by atoms with van der Waals surface area (Å²) in [5.74, 6) is -0.301. The standard InChI is InChI=1S/C12H17FO3/c1-2-15-7-4-8-16-12-10(9-14)5-3-6-11(12)13/h3,5-6,14H,2,4,7-9H2,1H3. The van der Waals surface area contributed by atoms with Crippen LogP contribution >= 0.6 is 0 Å². The van der Waals surface area contributed by atoms with E-state index in [2.05, 4.69) is 0 Å². The maximum Gasteiger partial charge on any atom is 0.165 e. The zero-order chi connectivity index (χ0) is 11.8. The number of para-hydroxylation sites is 1. The first-order valence-corrected chi connectivity index (χ1v) is 5.38. The molecule has 90 valence electrons. The van der Waals surface area contributed by atoms with E-state index in [1.54, 1.807) is 12.1 Å². The predicted octanol–water partition coefficient (Wildman–Crippen LogP) is 2.12. The highest BCUT2D eigenvalue weighted by Gasteiger charge is 2.08. The van der Waals surface area contributed by atoms with Gasteiger partial charge in [0.25, 0.3) is 0 Å². The second-order valence-corrected chi connectivity index (χ2v) is 3.29. The summed E-state index contributed by atoms with van der Waals surface area (Å²) in [6.45, 7) is 3.34. The molecule has 0 atom stereocenters. The number of ether oxygens (including phenoxy) is 2. The van der Waals surface area contributed by atoms with Gasteiger partial charge in [-0.3, -0.25) is 0 Å². The second-order valence-electron chi connectivity index (χ2n) is 3.29. The van der Waals surface area contributed by atoms with Crippen LogP contribution in [-0.4, -0.2) is 24.9 Å². The highest BCUT2D eigenvalue weighted by atomic mass is 19.1. The van der Waals surface area contributed by atoms with Gasteiger partial charge in [0.2, 0.25) is 0 Å². The van der Waals surface area contributed by atoms with Gasteiger partial charge in [-0.1, -0.05) is 12.1 Å². The highest BCUT2D eigenvalue weighted by Crippen LogP contribution is 2.22. The molecule has 1 aromatic rings. The van der Waals surface area contributed by atoms with Crippen LogP contribution in [0.15, 0.2) is 18.2 Å². The van der Waals surface area contributed by atoms with Crippen LogP contribution in [0, 0.1) is 5.82 Å². The summed E-state index contributed by atoms with van der Waals surface area (Å²) in [6, 6.07) is 4.51. The largest absolute Gasteiger partial charge is 0.490 e. The van der Waals surface area contributed by atoms with E-state index in [0.29, 0.717) is 31.8 Å². The summed E-state index contributed by atoms with van der Waals surface area (Å²) in [7, 11) is 0. The first-order valence-electron chi connectivity index (χ1n) is 5.38. The molecular formula is C12H17FO3. The molecule has 0 aliphatic carbocycles. The van der Waals surface area contributed by atoms with Gasteiger partial charge in [0.05, 0.1) is 13.2 Å². The van der Waals surface area contributed by atoms with Gasteiger partial charge in [-0.05, 0) is 13.0 Å². The van der Waals surface area contributed by atoms with Crippen molar-refractivity contribution >= 4 is 0 Å². The summed E-state index contributed by atoms with van der Waals surface area (Å²) >= 11 is 0. The zero-order valence-electron chi connectivity index (χ0n) is 9.41. The van der Waals surface area contributed by atoms with E-state index >= 15 is 0 Å². The van der Waals surface area contributed by atoms with Gasteiger partial charge in [0.1, 0.15) is 0 Å². The van der Waals surface area contributed by atoms with Crippen molar-refractivity contribution in [1.82, 2.24) is 0 Å². The highest BCUT2D eigenvalue weighted by molar-refractivity contribution is 5.34. The number of benzene rings is 1. The lowest BCUT2D eigenvalue weighted by molar-refractivity contribution is 0.129. The smallest absolute Gasteiger partial charge is 0.165 e. The van der Waals surface area contributed by atoms with Crippen molar-refractivity contribution in [3.63, 3.8) is 0 Å². The molecule has 0 saturated carbocycles. The fraction of sp³-hybridized carbons (Fsp3) is 0.500. The van der Waals surface area contributed by atoms with Crippen LogP contribution in [0.2, 0.25) is 0 Å². The summed E-state index contributed by atoms with van der Waals surface area (Å²) in [5.41, 5.74) is 0.469. The van der Waals surface area contributed by atoms with Crippen LogP contribution in [0.4, 0.5) is 4.39 Å². The predicted molar refractivity (Wildman–Crippen MR) is 58.9 cm³/mol. The number of hydrogen-bond donors (Lipinski definition) is 1. The van der Waals surface area contributed by atoms with Crippen LogP contribution in [0.25, 0.3) is 0 Å². The number of rotatable bonds is 7. The molecule has 1 N–H and O–H groups in total. The Bertz CT molecular complexity index is 315. The SMILES string of the molecule is CCOCCCOc1c(F)cccc1CO. The minimum Gasteiger partial charge on any atom is -0.490 e. The lowest BCUT2D eigenvalue weighted by Crippen LogP contribution is -2.05. The van der Waals surface area contributed by atoms with Crippen LogP contribution in [0.1, 0.15) is 18.9 Å². The Kier molecular flexibility index (Phi) is 5.82. The molecule has 0 saturated heterocycles. The molecule has 0 amide bonds. The van der Waals surface area contributed by atoms with Gasteiger partial charge >= 0.3 is 0 Å². The van der Waals surface area contributed by atoms with Gasteiger partial charge in [0, 0.05) is 25.2 Å². The van der Waals surface area contributed by atoms with Crippen LogP contribution < -0.4 is 4.74 Å². The van der Waals surface area contributed by atoms with Crippen molar-refractivity contribution < 1.29 is 19.0 Å². The number of halogens is 1. The Balaban J connectivity index is 2.46. The third-order valence-corrected chi connectivity index (χ3v) is 2.10. The molecule has 0 aliphatic rings. The van der Waals surface area contributed by atoms with E-state index in [4.69, 9.17) is 14.6 Å². The van der Waals surface area contributed by atoms with Crippen molar-refractivity contribution in [3.05, 3.63) is 29.6 Å². The van der Waals surface area contributed by atoms with E-state index in [1.807, 2.05) is 6.92 Å². The fourth-order valence-electron chi connectivity index (χ4n) is 1.32. The van der Waals surface area contributed by atoms with E-state index in [-0.39, 0.29) is 12.4 Å². The molecule has 3 nitrogen and oxygen atoms in total. The van der Waals surface area contributed by atoms with Gasteiger partial charge in [-0.2, -0.15) is 0 Å². The normalized spacial score (nSPS) is 10.4. The molecule has 4 heteroatoms. The molecule has 0 spiro atoms. The summed E-state index contributed by atoms with van der Waals surface area (Å²) in [6.07, 6.45) is 0.701. The first-order chi connectivity index (χ1) is 7.79. The summed E-state index contributed by atoms with van der Waals surface area (Å²) in [4.78, 5) is 0. The molecule has 0 aliphatic heterocycles. The minimum absolute atomic E-state index is 0.140. The van der Waals surface area contributed by atoms with Crippen LogP contribution in [0.5, 0.6) is 5.75 Å². The Labute approximate surface area is 94.8 Å². The Morgan fingerprint density at radius 3 is 2.81 bits per heavy atom. The van der Waals surface area contributed by atoms with E-state index in [0.717, 1.165) is 0 Å². The quantitative estimate of drug-likeness (QED) is 0.726. The van der Waals surface area contributed by atoms with Gasteiger partial charge < -0.3 is 14.6 Å². The van der Waals surface area contributed by atoms with Crippen molar-refractivity contribution in [2.75, 3.05) is 19.8 Å². The van der Waals surface area contributed by atoms with Gasteiger partial charge in [0.15, 0.2) is 11.6 Å². The Morgan fingerprint density at radius 1 is 1.31 bits per heavy atom. The maximum absolute atomic E-state index is 13.3. The van der Waals surface area contributed by atoms with E-state index in [9.17, 15) is 4.39 Å². The molecule has 16 heavy (non-hydrogen) atoms. The average molecular weight is 228 g/mol. The number of hydrogen-bond acceptors (Lipinski definition) is 3. The Hall–Kier alpha value is -1.13. The van der Waals surface area contributed by atoms with Crippen molar-refractivity contribution in [2.45, 2.75) is 20.0 Å². The molecule has 0 unspecified atom stereocenters. The molecule has 0 fully saturated rings.